The minimum Gasteiger partial charge on any atom is -0.394 e. The monoisotopic (exact) mass is 220 g/mol. The van der Waals surface area contributed by atoms with Crippen molar-refractivity contribution in [3.05, 3.63) is 0 Å². The van der Waals surface area contributed by atoms with Crippen LogP contribution in [0, 0.1) is 0 Å². The Kier molecular flexibility index (Phi) is 21.7. The van der Waals surface area contributed by atoms with E-state index in [1.165, 1.54) is 0 Å². The zero-order valence-electron chi connectivity index (χ0n) is 4.89. The molecule has 0 spiro atoms. The van der Waals surface area contributed by atoms with Crippen LogP contribution in [-0.2, 0) is 4.74 Å². The van der Waals surface area contributed by atoms with Crippen LogP contribution in [0.4, 0.5) is 0 Å². The van der Waals surface area contributed by atoms with E-state index in [2.05, 4.69) is 20.7 Å². The molecule has 0 aromatic carbocycles. The van der Waals surface area contributed by atoms with Gasteiger partial charge in [-0.2, -0.15) is 0 Å². The van der Waals surface area contributed by atoms with Crippen molar-refractivity contribution in [1.82, 2.24) is 0 Å². The molecule has 0 unspecified atom stereocenters. The highest BCUT2D eigenvalue weighted by Gasteiger charge is 1.67. The summed E-state index contributed by atoms with van der Waals surface area (Å²) in [4.78, 5) is 0. The van der Waals surface area contributed by atoms with Crippen molar-refractivity contribution >= 4 is 27.5 Å². The van der Waals surface area contributed by atoms with Crippen molar-refractivity contribution in [2.24, 2.45) is 0 Å². The van der Waals surface area contributed by atoms with E-state index in [4.69, 9.17) is 21.8 Å². The van der Waals surface area contributed by atoms with E-state index >= 15 is 0 Å². The average molecular weight is 221 g/mol. The van der Waals surface area contributed by atoms with Gasteiger partial charge in [-0.15, -0.1) is 0 Å². The van der Waals surface area contributed by atoms with Crippen molar-refractivity contribution in [2.75, 3.05) is 24.8 Å². The number of alkyl halides is 2. The molecule has 0 atom stereocenters. The fraction of sp³-hybridized carbons (Fsp3) is 1.00. The zero-order valence-corrected chi connectivity index (χ0v) is 7.23. The van der Waals surface area contributed by atoms with Gasteiger partial charge >= 0.3 is 0 Å². The van der Waals surface area contributed by atoms with Gasteiger partial charge in [0.15, 0.2) is 0 Å². The molecule has 0 bridgehead atoms. The SMILES string of the molecule is ClCOCBr.OCCO. The summed E-state index contributed by atoms with van der Waals surface area (Å²) in [5.74, 6) is 0. The van der Waals surface area contributed by atoms with Gasteiger partial charge in [-0.1, -0.05) is 27.5 Å². The van der Waals surface area contributed by atoms with Crippen LogP contribution in [0.5, 0.6) is 0 Å². The Morgan fingerprint density at radius 1 is 1.33 bits per heavy atom. The Bertz CT molecular complexity index is 35.0. The summed E-state index contributed by atoms with van der Waals surface area (Å²) in [7, 11) is 0. The van der Waals surface area contributed by atoms with E-state index in [-0.39, 0.29) is 19.3 Å². The first kappa shape index (κ1) is 12.3. The summed E-state index contributed by atoms with van der Waals surface area (Å²) < 4.78 is 4.52. The van der Waals surface area contributed by atoms with E-state index in [1.54, 1.807) is 0 Å². The molecule has 2 N–H and O–H groups in total. The van der Waals surface area contributed by atoms with Crippen LogP contribution in [0.2, 0.25) is 0 Å². The lowest BCUT2D eigenvalue weighted by molar-refractivity contribution is 0.186. The van der Waals surface area contributed by atoms with Gasteiger partial charge in [-0.25, -0.2) is 0 Å². The molecule has 0 amide bonds. The van der Waals surface area contributed by atoms with Gasteiger partial charge in [0.05, 0.1) is 13.2 Å². The third-order valence-electron chi connectivity index (χ3n) is 0.254. The Balaban J connectivity index is 0. The van der Waals surface area contributed by atoms with Crippen molar-refractivity contribution in [3.8, 4) is 0 Å². The van der Waals surface area contributed by atoms with Crippen LogP contribution in [-0.4, -0.2) is 35.0 Å². The summed E-state index contributed by atoms with van der Waals surface area (Å²) in [5.41, 5.74) is 0.524. The van der Waals surface area contributed by atoms with Gasteiger partial charge < -0.3 is 14.9 Å². The molecule has 0 aromatic heterocycles. The predicted molar refractivity (Wildman–Crippen MR) is 39.8 cm³/mol. The van der Waals surface area contributed by atoms with Gasteiger partial charge in [0.2, 0.25) is 0 Å². The third kappa shape index (κ3) is 28.7. The maximum Gasteiger partial charge on any atom is 0.121 e. The van der Waals surface area contributed by atoms with Gasteiger partial charge in [0.1, 0.15) is 11.6 Å². The van der Waals surface area contributed by atoms with E-state index < -0.39 is 0 Å². The molecule has 0 rings (SSSR count). The second-order valence-electron chi connectivity index (χ2n) is 0.870. The highest BCUT2D eigenvalue weighted by Crippen LogP contribution is 1.82. The summed E-state index contributed by atoms with van der Waals surface area (Å²) in [6, 6.07) is 0.269. The fourth-order valence-electron chi connectivity index (χ4n) is 0.0292. The van der Waals surface area contributed by atoms with Gasteiger partial charge in [0.25, 0.3) is 0 Å². The molecule has 9 heavy (non-hydrogen) atoms. The first-order valence-electron chi connectivity index (χ1n) is 2.24. The van der Waals surface area contributed by atoms with E-state index in [1.807, 2.05) is 0 Å². The molecule has 5 heteroatoms. The summed E-state index contributed by atoms with van der Waals surface area (Å²) in [5, 5.41) is 15.2. The average Bonchev–Trinajstić information content (AvgIpc) is 1.91. The first-order chi connectivity index (χ1) is 4.33. The largest absolute Gasteiger partial charge is 0.394 e. The van der Waals surface area contributed by atoms with Crippen molar-refractivity contribution in [3.63, 3.8) is 0 Å². The van der Waals surface area contributed by atoms with Crippen molar-refractivity contribution < 1.29 is 14.9 Å². The summed E-state index contributed by atoms with van der Waals surface area (Å²) in [6.07, 6.45) is 0. The molecule has 0 fully saturated rings. The Labute approximate surface area is 67.7 Å². The van der Waals surface area contributed by atoms with Crippen LogP contribution < -0.4 is 0 Å². The maximum absolute atomic E-state index is 7.62. The zero-order chi connectivity index (χ0) is 7.54. The molecule has 0 aromatic rings. The number of rotatable bonds is 3. The third-order valence-corrected chi connectivity index (χ3v) is 0.732. The topological polar surface area (TPSA) is 49.7 Å². The summed E-state index contributed by atoms with van der Waals surface area (Å²) in [6.45, 7) is -0.250. The predicted octanol–water partition coefficient (Wildman–Crippen LogP) is 0.523. The van der Waals surface area contributed by atoms with Gasteiger partial charge in [0, 0.05) is 0 Å². The number of aliphatic hydroxyl groups excluding tert-OH is 2. The second kappa shape index (κ2) is 15.9. The van der Waals surface area contributed by atoms with Crippen LogP contribution in [0.1, 0.15) is 0 Å². The van der Waals surface area contributed by atoms with Crippen molar-refractivity contribution in [1.29, 1.82) is 0 Å². The molecular formula is C4H10BrClO3. The number of hydrogen-bond donors (Lipinski definition) is 2. The van der Waals surface area contributed by atoms with E-state index in [0.717, 1.165) is 0 Å². The van der Waals surface area contributed by atoms with Crippen LogP contribution in [0.3, 0.4) is 0 Å². The molecular weight excluding hydrogens is 211 g/mol. The van der Waals surface area contributed by atoms with E-state index in [9.17, 15) is 0 Å². The number of hydrogen-bond acceptors (Lipinski definition) is 3. The molecule has 0 aliphatic carbocycles. The fourth-order valence-corrected chi connectivity index (χ4v) is 0.455. The highest BCUT2D eigenvalue weighted by molar-refractivity contribution is 9.09. The lowest BCUT2D eigenvalue weighted by Gasteiger charge is -1.82. The molecule has 0 aliphatic heterocycles. The lowest BCUT2D eigenvalue weighted by Crippen LogP contribution is -1.85. The molecule has 0 radical (unpaired) electrons. The standard InChI is InChI=1S/C2H4BrClO.C2H6O2/c3-1-5-2-4;3-1-2-4/h1-2H2;3-4H,1-2H2. The molecule has 3 nitrogen and oxygen atoms in total. The molecule has 0 aliphatic rings. The number of aliphatic hydroxyl groups is 2. The number of ether oxygens (including phenoxy) is 1. The molecule has 0 saturated carbocycles. The smallest absolute Gasteiger partial charge is 0.121 e. The highest BCUT2D eigenvalue weighted by atomic mass is 79.9. The Morgan fingerprint density at radius 3 is 1.78 bits per heavy atom. The van der Waals surface area contributed by atoms with E-state index in [0.29, 0.717) is 5.52 Å². The Morgan fingerprint density at radius 2 is 1.78 bits per heavy atom. The van der Waals surface area contributed by atoms with Crippen LogP contribution >= 0.6 is 27.5 Å². The van der Waals surface area contributed by atoms with Crippen LogP contribution in [0.15, 0.2) is 0 Å². The minimum atomic E-state index is -0.125. The molecule has 0 heterocycles. The van der Waals surface area contributed by atoms with Crippen LogP contribution in [0.25, 0.3) is 0 Å². The normalized spacial score (nSPS) is 8.00. The lowest BCUT2D eigenvalue weighted by atomic mass is 10.8. The Hall–Kier alpha value is 0.650. The molecule has 58 valence electrons. The second-order valence-corrected chi connectivity index (χ2v) is 1.55. The van der Waals surface area contributed by atoms with Gasteiger partial charge in [-0.05, 0) is 0 Å². The summed E-state index contributed by atoms with van der Waals surface area (Å²) >= 11 is 8.05. The van der Waals surface area contributed by atoms with Crippen molar-refractivity contribution in [2.45, 2.75) is 0 Å². The minimum absolute atomic E-state index is 0.125. The quantitative estimate of drug-likeness (QED) is 0.683. The van der Waals surface area contributed by atoms with Gasteiger partial charge in [-0.3, -0.25) is 0 Å². The number of halogens is 2. The first-order valence-corrected chi connectivity index (χ1v) is 3.90. The molecule has 0 saturated heterocycles. The maximum atomic E-state index is 7.62.